The Labute approximate surface area is 170 Å². The molecular formula is C20H18ClF2N3O3. The molecule has 0 unspecified atom stereocenters. The maximum Gasteiger partial charge on any atom is 0.387 e. The van der Waals surface area contributed by atoms with Crippen LogP contribution in [0, 0.1) is 6.92 Å². The van der Waals surface area contributed by atoms with Gasteiger partial charge in [-0.05, 0) is 42.3 Å². The second-order valence-electron chi connectivity index (χ2n) is 6.10. The van der Waals surface area contributed by atoms with E-state index >= 15 is 0 Å². The number of aromatic nitrogens is 2. The van der Waals surface area contributed by atoms with Gasteiger partial charge in [0.25, 0.3) is 5.56 Å². The standard InChI is InChI=1S/C20H18ClF2N3O3/c1-12-15(21)7-4-8-16(12)25-20-24-10-17(28-2)18(27)26(20)11-13-5-3-6-14(9-13)29-19(22)23/h3-10,19H,11H2,1-2H3,(H,24,25). The van der Waals surface area contributed by atoms with Crippen LogP contribution >= 0.6 is 11.6 Å². The smallest absolute Gasteiger partial charge is 0.387 e. The largest absolute Gasteiger partial charge is 0.490 e. The van der Waals surface area contributed by atoms with Crippen LogP contribution in [0.3, 0.4) is 0 Å². The first-order valence-electron chi connectivity index (χ1n) is 8.58. The van der Waals surface area contributed by atoms with E-state index in [0.717, 1.165) is 5.56 Å². The minimum absolute atomic E-state index is 0.00148. The van der Waals surface area contributed by atoms with Crippen LogP contribution in [0.15, 0.2) is 53.5 Å². The quantitative estimate of drug-likeness (QED) is 0.603. The number of rotatable bonds is 7. The number of nitrogens with one attached hydrogen (secondary N) is 1. The van der Waals surface area contributed by atoms with Crippen LogP contribution in [0.1, 0.15) is 11.1 Å². The highest BCUT2D eigenvalue weighted by Gasteiger charge is 2.14. The lowest BCUT2D eigenvalue weighted by Gasteiger charge is -2.16. The normalized spacial score (nSPS) is 10.8. The van der Waals surface area contributed by atoms with Gasteiger partial charge in [-0.15, -0.1) is 0 Å². The zero-order chi connectivity index (χ0) is 21.0. The van der Waals surface area contributed by atoms with Crippen molar-refractivity contribution in [3.8, 4) is 11.5 Å². The molecule has 0 aliphatic carbocycles. The molecule has 2 aromatic carbocycles. The molecule has 0 amide bonds. The van der Waals surface area contributed by atoms with Gasteiger partial charge in [0.15, 0.2) is 0 Å². The topological polar surface area (TPSA) is 65.4 Å². The highest BCUT2D eigenvalue weighted by Crippen LogP contribution is 2.26. The van der Waals surface area contributed by atoms with Crippen molar-refractivity contribution in [3.63, 3.8) is 0 Å². The van der Waals surface area contributed by atoms with Crippen LogP contribution in [0.2, 0.25) is 5.02 Å². The Morgan fingerprint density at radius 2 is 2.00 bits per heavy atom. The molecule has 0 radical (unpaired) electrons. The zero-order valence-electron chi connectivity index (χ0n) is 15.7. The minimum atomic E-state index is -2.94. The lowest BCUT2D eigenvalue weighted by atomic mass is 10.2. The van der Waals surface area contributed by atoms with Gasteiger partial charge in [0.2, 0.25) is 11.7 Å². The third-order valence-electron chi connectivity index (χ3n) is 4.21. The van der Waals surface area contributed by atoms with Gasteiger partial charge in [0, 0.05) is 10.7 Å². The Hall–Kier alpha value is -3.13. The van der Waals surface area contributed by atoms with Gasteiger partial charge < -0.3 is 14.8 Å². The van der Waals surface area contributed by atoms with Gasteiger partial charge in [-0.25, -0.2) is 4.98 Å². The monoisotopic (exact) mass is 421 g/mol. The van der Waals surface area contributed by atoms with Gasteiger partial charge in [-0.2, -0.15) is 8.78 Å². The maximum absolute atomic E-state index is 12.8. The molecule has 152 valence electrons. The third kappa shape index (κ3) is 4.83. The number of anilines is 2. The van der Waals surface area contributed by atoms with Crippen molar-refractivity contribution in [2.24, 2.45) is 0 Å². The Morgan fingerprint density at radius 1 is 1.24 bits per heavy atom. The summed E-state index contributed by atoms with van der Waals surface area (Å²) in [4.78, 5) is 17.1. The number of methoxy groups -OCH3 is 1. The predicted octanol–water partition coefficient (Wildman–Crippen LogP) is 4.61. The molecule has 0 saturated carbocycles. The minimum Gasteiger partial charge on any atom is -0.490 e. The molecule has 29 heavy (non-hydrogen) atoms. The summed E-state index contributed by atoms with van der Waals surface area (Å²) in [6, 6.07) is 11.4. The Balaban J connectivity index is 2.00. The van der Waals surface area contributed by atoms with E-state index in [4.69, 9.17) is 16.3 Å². The van der Waals surface area contributed by atoms with E-state index < -0.39 is 12.2 Å². The molecule has 0 aliphatic rings. The number of halogens is 3. The van der Waals surface area contributed by atoms with E-state index in [0.29, 0.717) is 16.3 Å². The van der Waals surface area contributed by atoms with Crippen LogP contribution in [0.25, 0.3) is 0 Å². The van der Waals surface area contributed by atoms with Crippen LogP contribution < -0.4 is 20.3 Å². The van der Waals surface area contributed by atoms with Crippen LogP contribution in [-0.2, 0) is 6.54 Å². The molecule has 1 N–H and O–H groups in total. The first-order chi connectivity index (χ1) is 13.9. The number of ether oxygens (including phenoxy) is 2. The average Bonchev–Trinajstić information content (AvgIpc) is 2.68. The predicted molar refractivity (Wildman–Crippen MR) is 107 cm³/mol. The van der Waals surface area contributed by atoms with Crippen molar-refractivity contribution in [2.75, 3.05) is 12.4 Å². The van der Waals surface area contributed by atoms with Crippen LogP contribution in [-0.4, -0.2) is 23.3 Å². The van der Waals surface area contributed by atoms with Gasteiger partial charge >= 0.3 is 6.61 Å². The molecule has 1 aromatic heterocycles. The van der Waals surface area contributed by atoms with Crippen molar-refractivity contribution in [1.29, 1.82) is 0 Å². The summed E-state index contributed by atoms with van der Waals surface area (Å²) < 4.78 is 35.8. The Bertz CT molecular complexity index is 1070. The van der Waals surface area contributed by atoms with E-state index in [9.17, 15) is 13.6 Å². The summed E-state index contributed by atoms with van der Waals surface area (Å²) in [6.07, 6.45) is 1.32. The van der Waals surface area contributed by atoms with Crippen molar-refractivity contribution in [3.05, 3.63) is 75.2 Å². The Kier molecular flexibility index (Phi) is 6.33. The number of hydrogen-bond acceptors (Lipinski definition) is 5. The molecule has 0 bridgehead atoms. The summed E-state index contributed by atoms with van der Waals surface area (Å²) in [6.45, 7) is -1.04. The van der Waals surface area contributed by atoms with E-state index in [1.54, 1.807) is 30.3 Å². The molecule has 0 fully saturated rings. The highest BCUT2D eigenvalue weighted by atomic mass is 35.5. The van der Waals surface area contributed by atoms with Gasteiger partial charge in [0.05, 0.1) is 19.9 Å². The first kappa shape index (κ1) is 20.6. The number of nitrogens with zero attached hydrogens (tertiary/aromatic N) is 2. The summed E-state index contributed by atoms with van der Waals surface area (Å²) in [5.41, 5.74) is 1.62. The van der Waals surface area contributed by atoms with Gasteiger partial charge in [-0.1, -0.05) is 29.8 Å². The average molecular weight is 422 g/mol. The molecule has 0 atom stereocenters. The number of alkyl halides is 2. The molecule has 0 spiro atoms. The van der Waals surface area contributed by atoms with Crippen molar-refractivity contribution < 1.29 is 18.3 Å². The maximum atomic E-state index is 12.8. The zero-order valence-corrected chi connectivity index (χ0v) is 16.4. The molecule has 0 aliphatic heterocycles. The van der Waals surface area contributed by atoms with E-state index in [2.05, 4.69) is 15.0 Å². The summed E-state index contributed by atoms with van der Waals surface area (Å²) in [7, 11) is 1.37. The van der Waals surface area contributed by atoms with Crippen LogP contribution in [0.4, 0.5) is 20.4 Å². The molecular weight excluding hydrogens is 404 g/mol. The second kappa shape index (κ2) is 8.91. The fourth-order valence-electron chi connectivity index (χ4n) is 2.73. The molecule has 0 saturated heterocycles. The van der Waals surface area contributed by atoms with Crippen molar-refractivity contribution in [2.45, 2.75) is 20.1 Å². The lowest BCUT2D eigenvalue weighted by molar-refractivity contribution is -0.0498. The van der Waals surface area contributed by atoms with E-state index in [-0.39, 0.29) is 24.0 Å². The lowest BCUT2D eigenvalue weighted by Crippen LogP contribution is -2.25. The Morgan fingerprint density at radius 3 is 2.72 bits per heavy atom. The van der Waals surface area contributed by atoms with Crippen LogP contribution in [0.5, 0.6) is 11.5 Å². The van der Waals surface area contributed by atoms with E-state index in [1.807, 2.05) is 6.92 Å². The van der Waals surface area contributed by atoms with Gasteiger partial charge in [-0.3, -0.25) is 9.36 Å². The third-order valence-corrected chi connectivity index (χ3v) is 4.62. The fraction of sp³-hybridized carbons (Fsp3) is 0.200. The number of benzene rings is 2. The first-order valence-corrected chi connectivity index (χ1v) is 8.96. The fourth-order valence-corrected chi connectivity index (χ4v) is 2.90. The summed E-state index contributed by atoms with van der Waals surface area (Å²) in [5.74, 6) is 0.307. The SMILES string of the molecule is COc1cnc(Nc2cccc(Cl)c2C)n(Cc2cccc(OC(F)F)c2)c1=O. The molecule has 6 nitrogen and oxygen atoms in total. The molecule has 9 heteroatoms. The molecule has 3 aromatic rings. The summed E-state index contributed by atoms with van der Waals surface area (Å²) >= 11 is 6.16. The van der Waals surface area contributed by atoms with E-state index in [1.165, 1.54) is 30.0 Å². The summed E-state index contributed by atoms with van der Waals surface area (Å²) in [5, 5.41) is 3.67. The van der Waals surface area contributed by atoms with Gasteiger partial charge in [0.1, 0.15) is 5.75 Å². The van der Waals surface area contributed by atoms with Crippen molar-refractivity contribution >= 4 is 23.2 Å². The highest BCUT2D eigenvalue weighted by molar-refractivity contribution is 6.31. The van der Waals surface area contributed by atoms with Crippen molar-refractivity contribution in [1.82, 2.24) is 9.55 Å². The molecule has 1 heterocycles. The number of hydrogen-bond donors (Lipinski definition) is 1. The molecule has 3 rings (SSSR count). The second-order valence-corrected chi connectivity index (χ2v) is 6.51.